The van der Waals surface area contributed by atoms with E-state index in [-0.39, 0.29) is 17.7 Å². The van der Waals surface area contributed by atoms with Crippen molar-refractivity contribution in [2.24, 2.45) is 5.73 Å². The minimum Gasteiger partial charge on any atom is -0.384 e. The van der Waals surface area contributed by atoms with Gasteiger partial charge in [-0.3, -0.25) is 0 Å². The molecule has 0 spiro atoms. The lowest BCUT2D eigenvalue weighted by atomic mass is 9.92. The summed E-state index contributed by atoms with van der Waals surface area (Å²) in [5, 5.41) is 9.78. The Hall–Kier alpha value is -1.07. The molecule has 0 saturated heterocycles. The van der Waals surface area contributed by atoms with Crippen LogP contribution in [0.25, 0.3) is 0 Å². The van der Waals surface area contributed by atoms with Crippen molar-refractivity contribution in [1.29, 1.82) is 0 Å². The number of aliphatic hydroxyl groups is 1. The molecular formula is C11H14F3NO. The van der Waals surface area contributed by atoms with Crippen LogP contribution in [-0.4, -0.2) is 11.7 Å². The molecule has 1 rings (SSSR count). The van der Waals surface area contributed by atoms with Gasteiger partial charge in [-0.1, -0.05) is 12.1 Å². The third-order valence-electron chi connectivity index (χ3n) is 2.56. The van der Waals surface area contributed by atoms with Crippen LogP contribution in [0.1, 0.15) is 23.6 Å². The Morgan fingerprint density at radius 2 is 1.88 bits per heavy atom. The number of hydrogen-bond acceptors (Lipinski definition) is 2. The number of nitrogens with two attached hydrogens (primary N) is 1. The van der Waals surface area contributed by atoms with Crippen molar-refractivity contribution >= 4 is 0 Å². The van der Waals surface area contributed by atoms with Crippen LogP contribution in [0.2, 0.25) is 0 Å². The Labute approximate surface area is 91.9 Å². The quantitative estimate of drug-likeness (QED) is 0.822. The van der Waals surface area contributed by atoms with E-state index >= 15 is 0 Å². The highest BCUT2D eigenvalue weighted by Gasteiger charge is 2.34. The van der Waals surface area contributed by atoms with Crippen LogP contribution in [0.4, 0.5) is 13.2 Å². The fourth-order valence-electron chi connectivity index (χ4n) is 1.38. The molecule has 5 heteroatoms. The van der Waals surface area contributed by atoms with Crippen LogP contribution in [0, 0.1) is 6.92 Å². The van der Waals surface area contributed by atoms with E-state index in [2.05, 4.69) is 0 Å². The van der Waals surface area contributed by atoms with Crippen LogP contribution in [0.5, 0.6) is 0 Å². The largest absolute Gasteiger partial charge is 0.416 e. The van der Waals surface area contributed by atoms with Gasteiger partial charge in [-0.2, -0.15) is 13.2 Å². The predicted octanol–water partition coefficient (Wildman–Crippen LogP) is 2.18. The summed E-state index contributed by atoms with van der Waals surface area (Å²) in [4.78, 5) is 0. The maximum absolute atomic E-state index is 12.6. The molecule has 1 unspecified atom stereocenters. The summed E-state index contributed by atoms with van der Waals surface area (Å²) in [5.74, 6) is 0. The number of alkyl halides is 3. The zero-order valence-corrected chi connectivity index (χ0v) is 9.10. The zero-order chi connectivity index (χ0) is 12.6. The van der Waals surface area contributed by atoms with Crippen LogP contribution in [0.3, 0.4) is 0 Å². The number of hydrogen-bond donors (Lipinski definition) is 2. The second kappa shape index (κ2) is 4.07. The summed E-state index contributed by atoms with van der Waals surface area (Å²) in [5.41, 5.74) is 3.43. The van der Waals surface area contributed by atoms with E-state index in [1.54, 1.807) is 0 Å². The molecule has 90 valence electrons. The van der Waals surface area contributed by atoms with Crippen LogP contribution in [-0.2, 0) is 11.8 Å². The summed E-state index contributed by atoms with van der Waals surface area (Å²) in [6.45, 7) is 2.63. The molecule has 0 aliphatic rings. The second-order valence-corrected chi connectivity index (χ2v) is 4.01. The number of aryl methyl sites for hydroxylation is 1. The molecule has 1 aromatic carbocycles. The summed E-state index contributed by atoms with van der Waals surface area (Å²) in [6, 6.07) is 3.74. The van der Waals surface area contributed by atoms with E-state index in [0.29, 0.717) is 0 Å². The lowest BCUT2D eigenvalue weighted by Crippen LogP contribution is -2.31. The number of rotatable bonds is 2. The van der Waals surface area contributed by atoms with Crippen molar-refractivity contribution in [3.8, 4) is 0 Å². The van der Waals surface area contributed by atoms with Gasteiger partial charge in [0.25, 0.3) is 0 Å². The van der Waals surface area contributed by atoms with Crippen molar-refractivity contribution in [2.45, 2.75) is 25.6 Å². The fourth-order valence-corrected chi connectivity index (χ4v) is 1.38. The topological polar surface area (TPSA) is 46.2 Å². The van der Waals surface area contributed by atoms with Crippen molar-refractivity contribution in [1.82, 2.24) is 0 Å². The minimum atomic E-state index is -4.41. The second-order valence-electron chi connectivity index (χ2n) is 4.01. The Balaban J connectivity index is 3.29. The molecule has 1 atom stereocenters. The Kier molecular flexibility index (Phi) is 3.30. The van der Waals surface area contributed by atoms with Gasteiger partial charge in [0.15, 0.2) is 0 Å². The van der Waals surface area contributed by atoms with E-state index in [4.69, 9.17) is 5.73 Å². The highest BCUT2D eigenvalue weighted by Crippen LogP contribution is 2.34. The average Bonchev–Trinajstić information content (AvgIpc) is 2.16. The Morgan fingerprint density at radius 1 is 1.31 bits per heavy atom. The maximum Gasteiger partial charge on any atom is 0.416 e. The molecule has 0 radical (unpaired) electrons. The molecule has 0 bridgehead atoms. The molecule has 1 aromatic rings. The van der Waals surface area contributed by atoms with Gasteiger partial charge in [0.2, 0.25) is 0 Å². The molecule has 0 amide bonds. The molecule has 0 aromatic heterocycles. The lowest BCUT2D eigenvalue weighted by molar-refractivity contribution is -0.138. The molecule has 3 N–H and O–H groups in total. The lowest BCUT2D eigenvalue weighted by Gasteiger charge is -2.23. The highest BCUT2D eigenvalue weighted by atomic mass is 19.4. The molecule has 16 heavy (non-hydrogen) atoms. The van der Waals surface area contributed by atoms with E-state index in [1.807, 2.05) is 0 Å². The van der Waals surface area contributed by atoms with Gasteiger partial charge in [0.05, 0.1) is 11.2 Å². The first-order valence-corrected chi connectivity index (χ1v) is 4.79. The third-order valence-corrected chi connectivity index (χ3v) is 2.56. The van der Waals surface area contributed by atoms with Gasteiger partial charge in [0.1, 0.15) is 0 Å². The fraction of sp³-hybridized carbons (Fsp3) is 0.455. The summed E-state index contributed by atoms with van der Waals surface area (Å²) in [6.07, 6.45) is -4.41. The van der Waals surface area contributed by atoms with E-state index in [0.717, 1.165) is 6.07 Å². The first kappa shape index (κ1) is 13.0. The normalized spacial score (nSPS) is 15.9. The summed E-state index contributed by atoms with van der Waals surface area (Å²) in [7, 11) is 0. The highest BCUT2D eigenvalue weighted by molar-refractivity contribution is 5.35. The van der Waals surface area contributed by atoms with Gasteiger partial charge >= 0.3 is 6.18 Å². The van der Waals surface area contributed by atoms with E-state index < -0.39 is 17.3 Å². The number of halogens is 3. The maximum atomic E-state index is 12.6. The first-order chi connectivity index (χ1) is 7.18. The molecule has 2 nitrogen and oxygen atoms in total. The monoisotopic (exact) mass is 233 g/mol. The molecule has 0 fully saturated rings. The van der Waals surface area contributed by atoms with Crippen molar-refractivity contribution in [3.05, 3.63) is 34.9 Å². The number of benzene rings is 1. The summed E-state index contributed by atoms with van der Waals surface area (Å²) < 4.78 is 37.8. The Bertz CT molecular complexity index is 385. The van der Waals surface area contributed by atoms with Gasteiger partial charge in [-0.25, -0.2) is 0 Å². The smallest absolute Gasteiger partial charge is 0.384 e. The molecule has 0 aliphatic heterocycles. The van der Waals surface area contributed by atoms with Crippen molar-refractivity contribution in [2.75, 3.05) is 6.54 Å². The van der Waals surface area contributed by atoms with Gasteiger partial charge in [-0.05, 0) is 31.0 Å². The van der Waals surface area contributed by atoms with Gasteiger partial charge in [0, 0.05) is 6.54 Å². The van der Waals surface area contributed by atoms with Crippen LogP contribution >= 0.6 is 0 Å². The molecule has 0 saturated carbocycles. The first-order valence-electron chi connectivity index (χ1n) is 4.79. The van der Waals surface area contributed by atoms with Gasteiger partial charge in [-0.15, -0.1) is 0 Å². The molecular weight excluding hydrogens is 219 g/mol. The molecule has 0 heterocycles. The van der Waals surface area contributed by atoms with Crippen molar-refractivity contribution in [3.63, 3.8) is 0 Å². The van der Waals surface area contributed by atoms with Crippen LogP contribution < -0.4 is 5.73 Å². The minimum absolute atomic E-state index is 0.129. The standard InChI is InChI=1S/C11H14F3NO/c1-7-3-4-8(10(2,16)6-15)5-9(7)11(12,13)14/h3-5,16H,6,15H2,1-2H3. The Morgan fingerprint density at radius 3 is 2.31 bits per heavy atom. The van der Waals surface area contributed by atoms with E-state index in [9.17, 15) is 18.3 Å². The predicted molar refractivity (Wildman–Crippen MR) is 54.8 cm³/mol. The van der Waals surface area contributed by atoms with E-state index in [1.165, 1.54) is 26.0 Å². The average molecular weight is 233 g/mol. The third kappa shape index (κ3) is 2.54. The van der Waals surface area contributed by atoms with Crippen LogP contribution in [0.15, 0.2) is 18.2 Å². The SMILES string of the molecule is Cc1ccc(C(C)(O)CN)cc1C(F)(F)F. The zero-order valence-electron chi connectivity index (χ0n) is 9.10. The molecule has 0 aliphatic carbocycles. The van der Waals surface area contributed by atoms with Gasteiger partial charge < -0.3 is 10.8 Å². The van der Waals surface area contributed by atoms with Crippen molar-refractivity contribution < 1.29 is 18.3 Å². The summed E-state index contributed by atoms with van der Waals surface area (Å²) >= 11 is 0.